The zero-order valence-electron chi connectivity index (χ0n) is 7.64. The van der Waals surface area contributed by atoms with Crippen molar-refractivity contribution in [2.24, 2.45) is 0 Å². The standard InChI is InChI=1S/C10H16OS/c1-9-2-5-11-10(8-9)3-6-12-7-4-10/h2H,3-8H2,1H3. The molecule has 0 bridgehead atoms. The maximum Gasteiger partial charge on any atom is 0.0739 e. The number of rotatable bonds is 0. The van der Waals surface area contributed by atoms with Gasteiger partial charge in [-0.15, -0.1) is 0 Å². The largest absolute Gasteiger partial charge is 0.371 e. The van der Waals surface area contributed by atoms with Crippen LogP contribution in [0.3, 0.4) is 0 Å². The molecule has 1 fully saturated rings. The summed E-state index contributed by atoms with van der Waals surface area (Å²) in [5.74, 6) is 2.57. The van der Waals surface area contributed by atoms with E-state index in [1.165, 1.54) is 36.3 Å². The molecule has 0 atom stereocenters. The summed E-state index contributed by atoms with van der Waals surface area (Å²) in [5, 5.41) is 0. The van der Waals surface area contributed by atoms with Crippen molar-refractivity contribution in [3.05, 3.63) is 11.6 Å². The molecule has 68 valence electrons. The first-order valence-corrected chi connectivity index (χ1v) is 5.84. The molecule has 0 aromatic carbocycles. The summed E-state index contributed by atoms with van der Waals surface area (Å²) in [6.07, 6.45) is 5.90. The average molecular weight is 184 g/mol. The molecule has 1 spiro atoms. The fourth-order valence-corrected chi connectivity index (χ4v) is 3.29. The smallest absolute Gasteiger partial charge is 0.0739 e. The molecular weight excluding hydrogens is 168 g/mol. The van der Waals surface area contributed by atoms with Gasteiger partial charge in [0.2, 0.25) is 0 Å². The van der Waals surface area contributed by atoms with E-state index in [0.29, 0.717) is 0 Å². The van der Waals surface area contributed by atoms with Crippen molar-refractivity contribution in [3.8, 4) is 0 Å². The minimum atomic E-state index is 0.240. The monoisotopic (exact) mass is 184 g/mol. The van der Waals surface area contributed by atoms with E-state index in [9.17, 15) is 0 Å². The lowest BCUT2D eigenvalue weighted by atomic mass is 9.87. The van der Waals surface area contributed by atoms with Gasteiger partial charge < -0.3 is 4.74 Å². The molecule has 0 radical (unpaired) electrons. The normalized spacial score (nSPS) is 28.6. The number of hydrogen-bond donors (Lipinski definition) is 0. The third kappa shape index (κ3) is 1.69. The summed E-state index contributed by atoms with van der Waals surface area (Å²) < 4.78 is 5.89. The Labute approximate surface area is 78.6 Å². The molecule has 2 heteroatoms. The van der Waals surface area contributed by atoms with Gasteiger partial charge >= 0.3 is 0 Å². The Morgan fingerprint density at radius 2 is 2.17 bits per heavy atom. The van der Waals surface area contributed by atoms with Gasteiger partial charge in [0.25, 0.3) is 0 Å². The Hall–Kier alpha value is 0.0500. The van der Waals surface area contributed by atoms with Crippen molar-refractivity contribution >= 4 is 11.8 Å². The molecule has 12 heavy (non-hydrogen) atoms. The minimum absolute atomic E-state index is 0.240. The van der Waals surface area contributed by atoms with E-state index in [4.69, 9.17) is 4.74 Å². The summed E-state index contributed by atoms with van der Waals surface area (Å²) in [7, 11) is 0. The van der Waals surface area contributed by atoms with E-state index in [1.54, 1.807) is 0 Å². The van der Waals surface area contributed by atoms with E-state index >= 15 is 0 Å². The fourth-order valence-electron chi connectivity index (χ4n) is 2.06. The van der Waals surface area contributed by atoms with Crippen molar-refractivity contribution in [2.75, 3.05) is 18.1 Å². The molecule has 0 aromatic heterocycles. The second-order valence-electron chi connectivity index (χ2n) is 3.83. The molecule has 0 aromatic rings. The van der Waals surface area contributed by atoms with E-state index < -0.39 is 0 Å². The number of hydrogen-bond acceptors (Lipinski definition) is 2. The SMILES string of the molecule is CC1=CCOC2(CCSCC2)C1. The van der Waals surface area contributed by atoms with Crippen molar-refractivity contribution in [1.82, 2.24) is 0 Å². The van der Waals surface area contributed by atoms with Crippen molar-refractivity contribution in [2.45, 2.75) is 31.8 Å². The minimum Gasteiger partial charge on any atom is -0.371 e. The second kappa shape index (κ2) is 3.43. The molecule has 2 rings (SSSR count). The van der Waals surface area contributed by atoms with Crippen LogP contribution in [0.4, 0.5) is 0 Å². The second-order valence-corrected chi connectivity index (χ2v) is 5.06. The molecule has 0 aliphatic carbocycles. The Morgan fingerprint density at radius 1 is 1.42 bits per heavy atom. The predicted molar refractivity (Wildman–Crippen MR) is 53.6 cm³/mol. The quantitative estimate of drug-likeness (QED) is 0.535. The van der Waals surface area contributed by atoms with Crippen LogP contribution >= 0.6 is 11.8 Å². The first-order valence-electron chi connectivity index (χ1n) is 4.68. The highest BCUT2D eigenvalue weighted by molar-refractivity contribution is 7.99. The van der Waals surface area contributed by atoms with Gasteiger partial charge in [0.15, 0.2) is 0 Å². The lowest BCUT2D eigenvalue weighted by Gasteiger charge is -2.39. The highest BCUT2D eigenvalue weighted by Crippen LogP contribution is 2.37. The molecule has 0 amide bonds. The molecular formula is C10H16OS. The van der Waals surface area contributed by atoms with Crippen LogP contribution in [-0.2, 0) is 4.74 Å². The summed E-state index contributed by atoms with van der Waals surface area (Å²) in [5.41, 5.74) is 1.76. The van der Waals surface area contributed by atoms with Crippen LogP contribution in [0, 0.1) is 0 Å². The van der Waals surface area contributed by atoms with Gasteiger partial charge in [0, 0.05) is 0 Å². The van der Waals surface area contributed by atoms with E-state index in [0.717, 1.165) is 6.61 Å². The van der Waals surface area contributed by atoms with Gasteiger partial charge in [-0.1, -0.05) is 11.6 Å². The zero-order valence-corrected chi connectivity index (χ0v) is 8.45. The van der Waals surface area contributed by atoms with Crippen LogP contribution in [0.2, 0.25) is 0 Å². The lowest BCUT2D eigenvalue weighted by Crippen LogP contribution is -2.39. The highest BCUT2D eigenvalue weighted by Gasteiger charge is 2.34. The topological polar surface area (TPSA) is 9.23 Å². The summed E-state index contributed by atoms with van der Waals surface area (Å²) >= 11 is 2.06. The first kappa shape index (κ1) is 8.64. The third-order valence-electron chi connectivity index (χ3n) is 2.83. The number of ether oxygens (including phenoxy) is 1. The molecule has 2 aliphatic heterocycles. The van der Waals surface area contributed by atoms with Gasteiger partial charge in [0.05, 0.1) is 12.2 Å². The van der Waals surface area contributed by atoms with Crippen LogP contribution in [0.15, 0.2) is 11.6 Å². The Kier molecular flexibility index (Phi) is 2.47. The zero-order chi connectivity index (χ0) is 8.44. The average Bonchev–Trinajstić information content (AvgIpc) is 2.05. The van der Waals surface area contributed by atoms with Crippen LogP contribution < -0.4 is 0 Å². The molecule has 2 aliphatic rings. The lowest BCUT2D eigenvalue weighted by molar-refractivity contribution is -0.0452. The highest BCUT2D eigenvalue weighted by atomic mass is 32.2. The van der Waals surface area contributed by atoms with E-state index in [2.05, 4.69) is 24.8 Å². The van der Waals surface area contributed by atoms with E-state index in [1.807, 2.05) is 0 Å². The Bertz CT molecular complexity index is 192. The van der Waals surface area contributed by atoms with Gasteiger partial charge in [-0.25, -0.2) is 0 Å². The third-order valence-corrected chi connectivity index (χ3v) is 3.81. The first-order chi connectivity index (χ1) is 5.81. The van der Waals surface area contributed by atoms with Crippen LogP contribution in [0.5, 0.6) is 0 Å². The Morgan fingerprint density at radius 3 is 2.83 bits per heavy atom. The summed E-state index contributed by atoms with van der Waals surface area (Å²) in [4.78, 5) is 0. The van der Waals surface area contributed by atoms with Crippen LogP contribution in [0.1, 0.15) is 26.2 Å². The van der Waals surface area contributed by atoms with Gasteiger partial charge in [-0.2, -0.15) is 11.8 Å². The number of thioether (sulfide) groups is 1. The fraction of sp³-hybridized carbons (Fsp3) is 0.800. The van der Waals surface area contributed by atoms with E-state index in [-0.39, 0.29) is 5.60 Å². The Balaban J connectivity index is 2.05. The maximum absolute atomic E-state index is 5.89. The predicted octanol–water partition coefficient (Wildman–Crippen LogP) is 2.62. The molecule has 1 nitrogen and oxygen atoms in total. The van der Waals surface area contributed by atoms with Crippen LogP contribution in [0.25, 0.3) is 0 Å². The van der Waals surface area contributed by atoms with Gasteiger partial charge in [-0.3, -0.25) is 0 Å². The van der Waals surface area contributed by atoms with Crippen molar-refractivity contribution in [3.63, 3.8) is 0 Å². The molecule has 2 heterocycles. The van der Waals surface area contributed by atoms with Gasteiger partial charge in [-0.05, 0) is 37.7 Å². The van der Waals surface area contributed by atoms with Gasteiger partial charge in [0.1, 0.15) is 0 Å². The maximum atomic E-state index is 5.89. The molecule has 0 N–H and O–H groups in total. The summed E-state index contributed by atoms with van der Waals surface area (Å²) in [6, 6.07) is 0. The molecule has 1 saturated heterocycles. The van der Waals surface area contributed by atoms with Crippen LogP contribution in [-0.4, -0.2) is 23.7 Å². The molecule has 0 saturated carbocycles. The molecule has 0 unspecified atom stereocenters. The summed E-state index contributed by atoms with van der Waals surface area (Å²) in [6.45, 7) is 3.07. The van der Waals surface area contributed by atoms with Crippen molar-refractivity contribution < 1.29 is 4.74 Å². The van der Waals surface area contributed by atoms with Crippen molar-refractivity contribution in [1.29, 1.82) is 0 Å².